The molecule has 1 fully saturated rings. The second-order valence-corrected chi connectivity index (χ2v) is 7.12. The summed E-state index contributed by atoms with van der Waals surface area (Å²) in [5.74, 6) is -0.937. The average Bonchev–Trinajstić information content (AvgIpc) is 3.08. The normalized spacial score (nSPS) is 20.3. The van der Waals surface area contributed by atoms with Crippen molar-refractivity contribution in [3.8, 4) is 0 Å². The van der Waals surface area contributed by atoms with Crippen LogP contribution in [0.15, 0.2) is 42.6 Å². The number of aryl methyl sites for hydroxylation is 2. The average molecular weight is 350 g/mol. The molecule has 0 bridgehead atoms. The number of carboxylic acids is 1. The van der Waals surface area contributed by atoms with Crippen LogP contribution in [0.4, 0.5) is 0 Å². The number of rotatable bonds is 4. The lowest BCUT2D eigenvalue weighted by Crippen LogP contribution is -2.52. The van der Waals surface area contributed by atoms with Crippen molar-refractivity contribution in [1.82, 2.24) is 9.88 Å². The topological polar surface area (TPSA) is 76.6 Å². The van der Waals surface area contributed by atoms with Crippen molar-refractivity contribution in [3.63, 3.8) is 0 Å². The van der Waals surface area contributed by atoms with Crippen molar-refractivity contribution >= 4 is 16.9 Å². The number of nitrogens with zero attached hydrogens (tertiary/aromatic N) is 1. The van der Waals surface area contributed by atoms with Crippen molar-refractivity contribution in [2.24, 2.45) is 0 Å². The van der Waals surface area contributed by atoms with E-state index in [2.05, 4.69) is 35.9 Å². The maximum Gasteiger partial charge on any atom is 0.335 e. The molecule has 1 aromatic heterocycles. The third kappa shape index (κ3) is 2.69. The molecule has 0 amide bonds. The molecule has 1 aliphatic heterocycles. The van der Waals surface area contributed by atoms with E-state index in [0.717, 1.165) is 17.6 Å². The Balaban J connectivity index is 1.63. The Labute approximate surface area is 151 Å². The minimum absolute atomic E-state index is 0.104. The number of aromatic carboxylic acids is 1. The maximum atomic E-state index is 11.0. The van der Waals surface area contributed by atoms with Crippen LogP contribution in [0.1, 0.15) is 38.7 Å². The summed E-state index contributed by atoms with van der Waals surface area (Å²) in [7, 11) is 0. The number of aliphatic hydroxyl groups is 1. The van der Waals surface area contributed by atoms with E-state index >= 15 is 0 Å². The Hall–Kier alpha value is -2.63. The van der Waals surface area contributed by atoms with E-state index in [-0.39, 0.29) is 11.6 Å². The minimum Gasteiger partial charge on any atom is -0.478 e. The van der Waals surface area contributed by atoms with Gasteiger partial charge in [0.25, 0.3) is 0 Å². The molecule has 3 aromatic rings. The van der Waals surface area contributed by atoms with Crippen LogP contribution in [0.3, 0.4) is 0 Å². The molecule has 5 nitrogen and oxygen atoms in total. The highest BCUT2D eigenvalue weighted by atomic mass is 16.4. The fourth-order valence-electron chi connectivity index (χ4n) is 4.03. The zero-order valence-electron chi connectivity index (χ0n) is 14.9. The standard InChI is InChI=1S/C21H22N2O3/c1-12-9-13(2)19-16(7-8-22-19)17(12)10-23-11-18(24)20(23)14-3-5-15(6-4-14)21(25)26/h3-9,18,20,22,24H,10-11H2,1-2H3,(H,25,26). The molecular formula is C21H22N2O3. The number of β-amino-alcohol motifs (C(OH)–C–C–N with tert-alkyl or cyclic N) is 1. The van der Waals surface area contributed by atoms with E-state index in [9.17, 15) is 9.90 Å². The van der Waals surface area contributed by atoms with Crippen LogP contribution in [0.2, 0.25) is 0 Å². The number of aliphatic hydroxyl groups excluding tert-OH is 1. The Morgan fingerprint density at radius 1 is 1.19 bits per heavy atom. The first kappa shape index (κ1) is 16.8. The molecule has 2 aromatic carbocycles. The molecule has 134 valence electrons. The van der Waals surface area contributed by atoms with E-state index in [4.69, 9.17) is 5.11 Å². The van der Waals surface area contributed by atoms with E-state index in [1.165, 1.54) is 22.1 Å². The summed E-state index contributed by atoms with van der Waals surface area (Å²) >= 11 is 0. The van der Waals surface area contributed by atoms with Gasteiger partial charge in [0, 0.05) is 30.2 Å². The third-order valence-corrected chi connectivity index (χ3v) is 5.42. The number of carbonyl (C=O) groups is 1. The summed E-state index contributed by atoms with van der Waals surface area (Å²) in [5, 5.41) is 20.6. The fourth-order valence-corrected chi connectivity index (χ4v) is 4.03. The van der Waals surface area contributed by atoms with Crippen molar-refractivity contribution < 1.29 is 15.0 Å². The van der Waals surface area contributed by atoms with Gasteiger partial charge in [-0.15, -0.1) is 0 Å². The predicted molar refractivity (Wildman–Crippen MR) is 100 cm³/mol. The first-order valence-corrected chi connectivity index (χ1v) is 8.77. The largest absolute Gasteiger partial charge is 0.478 e. The van der Waals surface area contributed by atoms with E-state index in [0.29, 0.717) is 6.54 Å². The molecule has 2 unspecified atom stereocenters. The quantitative estimate of drug-likeness (QED) is 0.674. The molecule has 26 heavy (non-hydrogen) atoms. The molecule has 2 atom stereocenters. The Bertz CT molecular complexity index is 975. The van der Waals surface area contributed by atoms with Gasteiger partial charge in [0.05, 0.1) is 17.7 Å². The molecule has 3 N–H and O–H groups in total. The smallest absolute Gasteiger partial charge is 0.335 e. The Morgan fingerprint density at radius 3 is 2.58 bits per heavy atom. The number of carboxylic acid groups (broad SMARTS) is 1. The summed E-state index contributed by atoms with van der Waals surface area (Å²) < 4.78 is 0. The lowest BCUT2D eigenvalue weighted by atomic mass is 9.89. The lowest BCUT2D eigenvalue weighted by molar-refractivity contribution is -0.0685. The highest BCUT2D eigenvalue weighted by molar-refractivity contribution is 5.88. The number of hydrogen-bond donors (Lipinski definition) is 3. The molecule has 5 heteroatoms. The molecule has 0 aliphatic carbocycles. The molecule has 0 saturated carbocycles. The van der Waals surface area contributed by atoms with Gasteiger partial charge in [-0.1, -0.05) is 18.2 Å². The van der Waals surface area contributed by atoms with Crippen LogP contribution < -0.4 is 0 Å². The molecule has 1 aliphatic rings. The van der Waals surface area contributed by atoms with Crippen LogP contribution in [0.25, 0.3) is 10.9 Å². The summed E-state index contributed by atoms with van der Waals surface area (Å²) in [6.07, 6.45) is 1.53. The Kier molecular flexibility index (Phi) is 4.05. The number of aromatic nitrogens is 1. The minimum atomic E-state index is -0.937. The molecule has 2 heterocycles. The van der Waals surface area contributed by atoms with Gasteiger partial charge in [-0.05, 0) is 54.3 Å². The van der Waals surface area contributed by atoms with Gasteiger partial charge < -0.3 is 15.2 Å². The van der Waals surface area contributed by atoms with Crippen LogP contribution in [-0.2, 0) is 6.54 Å². The van der Waals surface area contributed by atoms with Gasteiger partial charge in [0.1, 0.15) is 0 Å². The fraction of sp³-hybridized carbons (Fsp3) is 0.286. The molecule has 0 radical (unpaired) electrons. The third-order valence-electron chi connectivity index (χ3n) is 5.42. The first-order valence-electron chi connectivity index (χ1n) is 8.77. The van der Waals surface area contributed by atoms with Crippen molar-refractivity contribution in [1.29, 1.82) is 0 Å². The summed E-state index contributed by atoms with van der Waals surface area (Å²) in [6.45, 7) is 5.60. The van der Waals surface area contributed by atoms with Gasteiger partial charge in [0.2, 0.25) is 0 Å². The number of nitrogens with one attached hydrogen (secondary N) is 1. The van der Waals surface area contributed by atoms with Crippen LogP contribution in [0, 0.1) is 13.8 Å². The molecule has 1 saturated heterocycles. The number of benzene rings is 2. The van der Waals surface area contributed by atoms with E-state index < -0.39 is 12.1 Å². The molecule has 4 rings (SSSR count). The van der Waals surface area contributed by atoms with Crippen LogP contribution in [-0.4, -0.2) is 38.7 Å². The summed E-state index contributed by atoms with van der Waals surface area (Å²) in [4.78, 5) is 16.6. The molecule has 0 spiro atoms. The highest BCUT2D eigenvalue weighted by Crippen LogP contribution is 2.37. The van der Waals surface area contributed by atoms with Crippen LogP contribution >= 0.6 is 0 Å². The predicted octanol–water partition coefficient (Wildman–Crippen LogP) is 3.40. The second-order valence-electron chi connectivity index (χ2n) is 7.12. The monoisotopic (exact) mass is 350 g/mol. The number of hydrogen-bond acceptors (Lipinski definition) is 3. The van der Waals surface area contributed by atoms with Gasteiger partial charge in [-0.2, -0.15) is 0 Å². The lowest BCUT2D eigenvalue weighted by Gasteiger charge is -2.46. The Morgan fingerprint density at radius 2 is 1.92 bits per heavy atom. The number of fused-ring (bicyclic) bond motifs is 1. The van der Waals surface area contributed by atoms with E-state index in [1.807, 2.05) is 6.20 Å². The van der Waals surface area contributed by atoms with Gasteiger partial charge >= 0.3 is 5.97 Å². The zero-order chi connectivity index (χ0) is 18.4. The maximum absolute atomic E-state index is 11.0. The van der Waals surface area contributed by atoms with E-state index in [1.54, 1.807) is 24.3 Å². The summed E-state index contributed by atoms with van der Waals surface area (Å²) in [6, 6.07) is 11.0. The number of aromatic amines is 1. The SMILES string of the molecule is Cc1cc(C)c2[nH]ccc2c1CN1CC(O)C1c1ccc(C(=O)O)cc1. The van der Waals surface area contributed by atoms with Crippen molar-refractivity contribution in [2.45, 2.75) is 32.5 Å². The van der Waals surface area contributed by atoms with Crippen molar-refractivity contribution in [3.05, 3.63) is 70.4 Å². The highest BCUT2D eigenvalue weighted by Gasteiger charge is 2.39. The van der Waals surface area contributed by atoms with Gasteiger partial charge in [-0.25, -0.2) is 4.79 Å². The number of likely N-dealkylation sites (tertiary alicyclic amines) is 1. The van der Waals surface area contributed by atoms with Crippen LogP contribution in [0.5, 0.6) is 0 Å². The first-order chi connectivity index (χ1) is 12.5. The van der Waals surface area contributed by atoms with Gasteiger partial charge in [0.15, 0.2) is 0 Å². The van der Waals surface area contributed by atoms with Crippen molar-refractivity contribution in [2.75, 3.05) is 6.54 Å². The van der Waals surface area contributed by atoms with Gasteiger partial charge in [-0.3, -0.25) is 4.90 Å². The number of H-pyrrole nitrogens is 1. The zero-order valence-corrected chi connectivity index (χ0v) is 14.9. The summed E-state index contributed by atoms with van der Waals surface area (Å²) in [5.41, 5.74) is 6.12. The molecular weight excluding hydrogens is 328 g/mol. The second kappa shape index (κ2) is 6.27.